The molecule has 6 heteroatoms. The molecule has 0 aromatic carbocycles. The molecule has 2 N–H and O–H groups in total. The Bertz CT molecular complexity index is 363. The molecule has 0 spiro atoms. The van der Waals surface area contributed by atoms with E-state index in [-0.39, 0.29) is 5.75 Å². The lowest BCUT2D eigenvalue weighted by atomic mass is 10.3. The third-order valence-electron chi connectivity index (χ3n) is 3.93. The maximum atomic E-state index is 11.7. The van der Waals surface area contributed by atoms with E-state index >= 15 is 0 Å². The Morgan fingerprint density at radius 3 is 2.45 bits per heavy atom. The van der Waals surface area contributed by atoms with Crippen molar-refractivity contribution in [3.8, 4) is 0 Å². The number of rotatable bonds is 11. The summed E-state index contributed by atoms with van der Waals surface area (Å²) in [4.78, 5) is 0. The van der Waals surface area contributed by atoms with Crippen LogP contribution in [-0.4, -0.2) is 46.0 Å². The first kappa shape index (κ1) is 16.2. The second-order valence-corrected chi connectivity index (χ2v) is 7.85. The largest absolute Gasteiger partial charge is 0.377 e. The summed E-state index contributed by atoms with van der Waals surface area (Å²) in [5.74, 6) is 0.225. The van der Waals surface area contributed by atoms with Crippen molar-refractivity contribution in [2.45, 2.75) is 63.5 Å². The molecular formula is C14H28N2O3S. The lowest BCUT2D eigenvalue weighted by Crippen LogP contribution is -2.30. The zero-order chi connectivity index (χ0) is 14.3. The van der Waals surface area contributed by atoms with E-state index in [1.165, 1.54) is 25.7 Å². The van der Waals surface area contributed by atoms with Crippen molar-refractivity contribution in [2.75, 3.05) is 25.4 Å². The molecule has 0 aromatic rings. The molecule has 0 atom stereocenters. The number of unbranched alkanes of at least 4 members (excludes halogenated alkanes) is 1. The normalized spacial score (nSPS) is 20.6. The molecule has 2 aliphatic rings. The third-order valence-corrected chi connectivity index (χ3v) is 5.40. The number of hydrogen-bond acceptors (Lipinski definition) is 4. The summed E-state index contributed by atoms with van der Waals surface area (Å²) in [6.07, 6.45) is 9.29. The molecule has 0 unspecified atom stereocenters. The topological polar surface area (TPSA) is 67.4 Å². The number of sulfonamides is 1. The fraction of sp³-hybridized carbons (Fsp3) is 1.00. The Balaban J connectivity index is 1.44. The van der Waals surface area contributed by atoms with Crippen molar-refractivity contribution in [3.63, 3.8) is 0 Å². The van der Waals surface area contributed by atoms with E-state index in [1.807, 2.05) is 0 Å². The fourth-order valence-electron chi connectivity index (χ4n) is 2.56. The van der Waals surface area contributed by atoms with Crippen LogP contribution in [0.5, 0.6) is 0 Å². The van der Waals surface area contributed by atoms with Gasteiger partial charge in [-0.25, -0.2) is 13.1 Å². The highest BCUT2D eigenvalue weighted by Crippen LogP contribution is 2.20. The monoisotopic (exact) mass is 304 g/mol. The Labute approximate surface area is 122 Å². The van der Waals surface area contributed by atoms with Gasteiger partial charge in [-0.15, -0.1) is 0 Å². The van der Waals surface area contributed by atoms with Gasteiger partial charge < -0.3 is 10.1 Å². The van der Waals surface area contributed by atoms with Crippen molar-refractivity contribution < 1.29 is 13.2 Å². The maximum Gasteiger partial charge on any atom is 0.211 e. The Morgan fingerprint density at radius 1 is 1.00 bits per heavy atom. The molecule has 0 saturated heterocycles. The van der Waals surface area contributed by atoms with Gasteiger partial charge >= 0.3 is 0 Å². The van der Waals surface area contributed by atoms with Gasteiger partial charge in [-0.1, -0.05) is 12.8 Å². The summed E-state index contributed by atoms with van der Waals surface area (Å²) in [6, 6.07) is 0.706. The predicted octanol–water partition coefficient (Wildman–Crippen LogP) is 1.40. The van der Waals surface area contributed by atoms with Crippen LogP contribution in [0.4, 0.5) is 0 Å². The van der Waals surface area contributed by atoms with Crippen LogP contribution in [0.2, 0.25) is 0 Å². The van der Waals surface area contributed by atoms with Gasteiger partial charge in [-0.3, -0.25) is 0 Å². The van der Waals surface area contributed by atoms with Gasteiger partial charge in [0.2, 0.25) is 10.0 Å². The van der Waals surface area contributed by atoms with Crippen molar-refractivity contribution >= 4 is 10.0 Å². The molecule has 0 aliphatic heterocycles. The van der Waals surface area contributed by atoms with Gasteiger partial charge in [0.25, 0.3) is 0 Å². The number of hydrogen-bond donors (Lipinski definition) is 2. The van der Waals surface area contributed by atoms with Gasteiger partial charge in [0.15, 0.2) is 0 Å². The Kier molecular flexibility index (Phi) is 6.74. The van der Waals surface area contributed by atoms with Crippen molar-refractivity contribution in [1.29, 1.82) is 0 Å². The SMILES string of the molecule is O=S(=O)(CCCCNC1CC1)NCCOC1CCCC1. The standard InChI is InChI=1S/C14H28N2O3S/c17-20(18,12-4-3-9-15-13-7-8-13)16-10-11-19-14-5-1-2-6-14/h13-16H,1-12H2. The highest BCUT2D eigenvalue weighted by atomic mass is 32.2. The highest BCUT2D eigenvalue weighted by Gasteiger charge is 2.19. The third kappa shape index (κ3) is 7.02. The second kappa shape index (κ2) is 8.32. The Morgan fingerprint density at radius 2 is 1.75 bits per heavy atom. The predicted molar refractivity (Wildman–Crippen MR) is 80.3 cm³/mol. The maximum absolute atomic E-state index is 11.7. The van der Waals surface area contributed by atoms with Gasteiger partial charge in [0, 0.05) is 12.6 Å². The smallest absolute Gasteiger partial charge is 0.211 e. The van der Waals surface area contributed by atoms with Gasteiger partial charge in [0.05, 0.1) is 18.5 Å². The molecule has 2 rings (SSSR count). The zero-order valence-electron chi connectivity index (χ0n) is 12.3. The van der Waals surface area contributed by atoms with Crippen LogP contribution >= 0.6 is 0 Å². The molecule has 20 heavy (non-hydrogen) atoms. The van der Waals surface area contributed by atoms with Crippen molar-refractivity contribution in [3.05, 3.63) is 0 Å². The van der Waals surface area contributed by atoms with E-state index in [0.717, 1.165) is 32.2 Å². The van der Waals surface area contributed by atoms with Crippen LogP contribution in [0.1, 0.15) is 51.4 Å². The second-order valence-electron chi connectivity index (χ2n) is 5.93. The summed E-state index contributed by atoms with van der Waals surface area (Å²) >= 11 is 0. The highest BCUT2D eigenvalue weighted by molar-refractivity contribution is 7.89. The molecular weight excluding hydrogens is 276 g/mol. The van der Waals surface area contributed by atoms with E-state index < -0.39 is 10.0 Å². The molecule has 0 heterocycles. The molecule has 2 fully saturated rings. The molecule has 118 valence electrons. The van der Waals surface area contributed by atoms with E-state index in [0.29, 0.717) is 25.3 Å². The molecule has 0 aromatic heterocycles. The Hall–Kier alpha value is -0.170. The minimum Gasteiger partial charge on any atom is -0.377 e. The first-order valence-electron chi connectivity index (χ1n) is 7.98. The van der Waals surface area contributed by atoms with Crippen LogP contribution in [0.15, 0.2) is 0 Å². The summed E-state index contributed by atoms with van der Waals surface area (Å²) in [5.41, 5.74) is 0. The quantitative estimate of drug-likeness (QED) is 0.566. The van der Waals surface area contributed by atoms with Gasteiger partial charge in [-0.05, 0) is 45.1 Å². The number of nitrogens with one attached hydrogen (secondary N) is 2. The summed E-state index contributed by atoms with van der Waals surface area (Å²) in [7, 11) is -3.12. The summed E-state index contributed by atoms with van der Waals surface area (Å²) in [5, 5.41) is 3.39. The summed E-state index contributed by atoms with van der Waals surface area (Å²) in [6.45, 7) is 1.83. The lowest BCUT2D eigenvalue weighted by Gasteiger charge is -2.11. The summed E-state index contributed by atoms with van der Waals surface area (Å²) < 4.78 is 31.8. The molecule has 0 radical (unpaired) electrons. The zero-order valence-corrected chi connectivity index (χ0v) is 13.1. The van der Waals surface area contributed by atoms with Crippen LogP contribution in [0, 0.1) is 0 Å². The molecule has 0 bridgehead atoms. The molecule has 2 saturated carbocycles. The van der Waals surface area contributed by atoms with Crippen LogP contribution in [0.3, 0.4) is 0 Å². The van der Waals surface area contributed by atoms with Gasteiger partial charge in [-0.2, -0.15) is 0 Å². The first-order valence-corrected chi connectivity index (χ1v) is 9.63. The van der Waals surface area contributed by atoms with Crippen LogP contribution in [0.25, 0.3) is 0 Å². The van der Waals surface area contributed by atoms with Gasteiger partial charge in [0.1, 0.15) is 0 Å². The molecule has 5 nitrogen and oxygen atoms in total. The number of ether oxygens (including phenoxy) is 1. The van der Waals surface area contributed by atoms with Crippen molar-refractivity contribution in [1.82, 2.24) is 10.0 Å². The minimum absolute atomic E-state index is 0.225. The van der Waals surface area contributed by atoms with Crippen molar-refractivity contribution in [2.24, 2.45) is 0 Å². The van der Waals surface area contributed by atoms with E-state index in [2.05, 4.69) is 10.0 Å². The van der Waals surface area contributed by atoms with E-state index in [1.54, 1.807) is 0 Å². The molecule has 2 aliphatic carbocycles. The van der Waals surface area contributed by atoms with E-state index in [9.17, 15) is 8.42 Å². The fourth-order valence-corrected chi connectivity index (χ4v) is 3.68. The average Bonchev–Trinajstić information content (AvgIpc) is 3.09. The van der Waals surface area contributed by atoms with E-state index in [4.69, 9.17) is 4.74 Å². The van der Waals surface area contributed by atoms with Crippen LogP contribution in [-0.2, 0) is 14.8 Å². The van der Waals surface area contributed by atoms with Crippen LogP contribution < -0.4 is 10.0 Å². The lowest BCUT2D eigenvalue weighted by molar-refractivity contribution is 0.0626. The minimum atomic E-state index is -3.12. The average molecular weight is 304 g/mol. The first-order chi connectivity index (χ1) is 9.66. The molecule has 0 amide bonds.